The van der Waals surface area contributed by atoms with Gasteiger partial charge in [-0.15, -0.1) is 0 Å². The van der Waals surface area contributed by atoms with Crippen molar-refractivity contribution in [3.63, 3.8) is 0 Å². The Labute approximate surface area is 113 Å². The molecule has 0 aliphatic rings. The Morgan fingerprint density at radius 2 is 1.21 bits per heavy atom. The average Bonchev–Trinajstić information content (AvgIpc) is 2.25. The van der Waals surface area contributed by atoms with Gasteiger partial charge in [0.25, 0.3) is 0 Å². The topological polar surface area (TPSA) is 86.7 Å². The number of carbonyl (C=O) groups is 4. The zero-order chi connectivity index (χ0) is 15.3. The van der Waals surface area contributed by atoms with Gasteiger partial charge in [-0.1, -0.05) is 6.92 Å². The van der Waals surface area contributed by atoms with Gasteiger partial charge in [-0.2, -0.15) is 0 Å². The zero-order valence-electron chi connectivity index (χ0n) is 12.0. The Hall–Kier alpha value is -1.72. The first-order chi connectivity index (χ1) is 8.83. The lowest BCUT2D eigenvalue weighted by atomic mass is 10.3. The van der Waals surface area contributed by atoms with E-state index in [-0.39, 0.29) is 24.4 Å². The van der Waals surface area contributed by atoms with E-state index in [4.69, 9.17) is 0 Å². The second-order valence-electron chi connectivity index (χ2n) is 3.78. The standard InChI is InChI=1S/C7H12O3.C6H10O3/c1-3-4-10-7(9)5-6(2)8;1-3-9-6(8)4-5(2)7/h3-5H2,1-2H3;3-4H2,1-2H3. The van der Waals surface area contributed by atoms with Gasteiger partial charge < -0.3 is 9.47 Å². The molecule has 0 bridgehead atoms. The van der Waals surface area contributed by atoms with Gasteiger partial charge in [-0.25, -0.2) is 0 Å². The highest BCUT2D eigenvalue weighted by Gasteiger charge is 2.04. The van der Waals surface area contributed by atoms with E-state index >= 15 is 0 Å². The summed E-state index contributed by atoms with van der Waals surface area (Å²) in [5, 5.41) is 0. The van der Waals surface area contributed by atoms with Gasteiger partial charge in [-0.3, -0.25) is 19.2 Å². The first kappa shape index (κ1) is 19.6. The summed E-state index contributed by atoms with van der Waals surface area (Å²) >= 11 is 0. The smallest absolute Gasteiger partial charge is 0.313 e. The minimum atomic E-state index is -0.440. The van der Waals surface area contributed by atoms with E-state index in [2.05, 4.69) is 9.47 Å². The third-order valence-corrected chi connectivity index (χ3v) is 1.56. The van der Waals surface area contributed by atoms with Crippen molar-refractivity contribution in [3.05, 3.63) is 0 Å². The van der Waals surface area contributed by atoms with E-state index in [0.29, 0.717) is 13.2 Å². The SMILES string of the molecule is CCCOC(=O)CC(C)=O.CCOC(=O)CC(C)=O. The molecule has 0 radical (unpaired) electrons. The van der Waals surface area contributed by atoms with Crippen LogP contribution >= 0.6 is 0 Å². The second-order valence-corrected chi connectivity index (χ2v) is 3.78. The third-order valence-electron chi connectivity index (χ3n) is 1.56. The Balaban J connectivity index is 0. The molecule has 0 amide bonds. The number of ketones is 2. The van der Waals surface area contributed by atoms with E-state index in [1.165, 1.54) is 13.8 Å². The fourth-order valence-electron chi connectivity index (χ4n) is 0.885. The minimum Gasteiger partial charge on any atom is -0.466 e. The predicted octanol–water partition coefficient (Wildman–Crippen LogP) is 1.45. The number of carbonyl (C=O) groups excluding carboxylic acids is 4. The molecule has 0 spiro atoms. The van der Waals surface area contributed by atoms with Crippen molar-refractivity contribution in [2.24, 2.45) is 0 Å². The number of esters is 2. The van der Waals surface area contributed by atoms with Crippen LogP contribution in [0, 0.1) is 0 Å². The molecule has 6 nitrogen and oxygen atoms in total. The first-order valence-corrected chi connectivity index (χ1v) is 6.13. The summed E-state index contributed by atoms with van der Waals surface area (Å²) < 4.78 is 9.14. The summed E-state index contributed by atoms with van der Waals surface area (Å²) in [7, 11) is 0. The van der Waals surface area contributed by atoms with E-state index in [0.717, 1.165) is 6.42 Å². The largest absolute Gasteiger partial charge is 0.466 e. The van der Waals surface area contributed by atoms with Crippen molar-refractivity contribution in [2.75, 3.05) is 13.2 Å². The second kappa shape index (κ2) is 12.7. The van der Waals surface area contributed by atoms with Crippen molar-refractivity contribution < 1.29 is 28.7 Å². The number of hydrogen-bond donors (Lipinski definition) is 0. The molecule has 0 atom stereocenters. The number of rotatable bonds is 7. The number of hydrogen-bond acceptors (Lipinski definition) is 6. The van der Waals surface area contributed by atoms with Gasteiger partial charge >= 0.3 is 11.9 Å². The molecule has 0 heterocycles. The van der Waals surface area contributed by atoms with Crippen LogP contribution in [-0.2, 0) is 28.7 Å². The van der Waals surface area contributed by atoms with Gasteiger partial charge in [0.15, 0.2) is 0 Å². The van der Waals surface area contributed by atoms with Crippen LogP contribution in [0.4, 0.5) is 0 Å². The molecule has 0 fully saturated rings. The van der Waals surface area contributed by atoms with E-state index in [9.17, 15) is 19.2 Å². The molecule has 0 aliphatic carbocycles. The Morgan fingerprint density at radius 3 is 1.53 bits per heavy atom. The van der Waals surface area contributed by atoms with Crippen LogP contribution in [0.5, 0.6) is 0 Å². The van der Waals surface area contributed by atoms with Crippen LogP contribution < -0.4 is 0 Å². The molecular weight excluding hydrogens is 252 g/mol. The van der Waals surface area contributed by atoms with Crippen LogP contribution in [0.1, 0.15) is 47.0 Å². The van der Waals surface area contributed by atoms with E-state index in [1.54, 1.807) is 6.92 Å². The zero-order valence-corrected chi connectivity index (χ0v) is 12.0. The molecule has 19 heavy (non-hydrogen) atoms. The fourth-order valence-corrected chi connectivity index (χ4v) is 0.885. The quantitative estimate of drug-likeness (QED) is 0.516. The molecule has 0 aliphatic heterocycles. The maximum Gasteiger partial charge on any atom is 0.313 e. The normalized spacial score (nSPS) is 8.84. The lowest BCUT2D eigenvalue weighted by Crippen LogP contribution is -2.09. The van der Waals surface area contributed by atoms with Crippen molar-refractivity contribution in [1.82, 2.24) is 0 Å². The van der Waals surface area contributed by atoms with Gasteiger partial charge in [-0.05, 0) is 27.2 Å². The summed E-state index contributed by atoms with van der Waals surface area (Å²) in [5.41, 5.74) is 0. The summed E-state index contributed by atoms with van der Waals surface area (Å²) in [4.78, 5) is 41.5. The number of ether oxygens (including phenoxy) is 2. The highest BCUT2D eigenvalue weighted by molar-refractivity contribution is 5.94. The summed E-state index contributed by atoms with van der Waals surface area (Å²) in [6.45, 7) is 7.08. The van der Waals surface area contributed by atoms with Crippen LogP contribution in [0.25, 0.3) is 0 Å². The lowest BCUT2D eigenvalue weighted by molar-refractivity contribution is -0.147. The van der Waals surface area contributed by atoms with Crippen molar-refractivity contribution >= 4 is 23.5 Å². The molecule has 0 saturated heterocycles. The highest BCUT2D eigenvalue weighted by atomic mass is 16.5. The molecule has 0 rings (SSSR count). The lowest BCUT2D eigenvalue weighted by Gasteiger charge is -1.98. The Morgan fingerprint density at radius 1 is 0.789 bits per heavy atom. The Kier molecular flexibility index (Phi) is 13.1. The van der Waals surface area contributed by atoms with Crippen molar-refractivity contribution in [3.8, 4) is 0 Å². The van der Waals surface area contributed by atoms with E-state index in [1.807, 2.05) is 6.92 Å². The molecule has 110 valence electrons. The Bertz CT molecular complexity index is 308. The molecule has 0 aromatic heterocycles. The average molecular weight is 274 g/mol. The maximum atomic E-state index is 10.6. The molecule has 6 heteroatoms. The van der Waals surface area contributed by atoms with Crippen LogP contribution in [-0.4, -0.2) is 36.7 Å². The van der Waals surface area contributed by atoms with Gasteiger partial charge in [0, 0.05) is 0 Å². The summed E-state index contributed by atoms with van der Waals surface area (Å²) in [5.74, 6) is -1.17. The monoisotopic (exact) mass is 274 g/mol. The first-order valence-electron chi connectivity index (χ1n) is 6.13. The maximum absolute atomic E-state index is 10.6. The summed E-state index contributed by atoms with van der Waals surface area (Å²) in [6.07, 6.45) is 0.595. The molecule has 0 aromatic rings. The molecule has 0 unspecified atom stereocenters. The molecule has 0 aromatic carbocycles. The highest BCUT2D eigenvalue weighted by Crippen LogP contribution is 1.88. The van der Waals surface area contributed by atoms with Gasteiger partial charge in [0.2, 0.25) is 0 Å². The van der Waals surface area contributed by atoms with Gasteiger partial charge in [0.05, 0.1) is 13.2 Å². The number of Topliss-reactive ketones (excluding diaryl/α,β-unsaturated/α-hetero) is 2. The summed E-state index contributed by atoms with van der Waals surface area (Å²) in [6, 6.07) is 0. The third kappa shape index (κ3) is 18.8. The van der Waals surface area contributed by atoms with Gasteiger partial charge in [0.1, 0.15) is 24.4 Å². The van der Waals surface area contributed by atoms with E-state index < -0.39 is 11.9 Å². The predicted molar refractivity (Wildman–Crippen MR) is 68.5 cm³/mol. The minimum absolute atomic E-state index is 0.0972. The molecular formula is C13H22O6. The van der Waals surface area contributed by atoms with Crippen LogP contribution in [0.15, 0.2) is 0 Å². The van der Waals surface area contributed by atoms with Crippen LogP contribution in [0.3, 0.4) is 0 Å². The fraction of sp³-hybridized carbons (Fsp3) is 0.692. The molecule has 0 N–H and O–H groups in total. The van der Waals surface area contributed by atoms with Crippen molar-refractivity contribution in [2.45, 2.75) is 47.0 Å². The van der Waals surface area contributed by atoms with Crippen LogP contribution in [0.2, 0.25) is 0 Å². The molecule has 0 saturated carbocycles. The van der Waals surface area contributed by atoms with Crippen molar-refractivity contribution in [1.29, 1.82) is 0 Å².